The minimum Gasteiger partial charge on any atom is -0.253 e. The molecule has 9 heavy (non-hydrogen) atoms. The van der Waals surface area contributed by atoms with Gasteiger partial charge in [-0.2, -0.15) is 0 Å². The largest absolute Gasteiger partial charge is 0.253 e. The Bertz CT molecular complexity index is 198. The first-order chi connectivity index (χ1) is 4.34. The second-order valence-electron chi connectivity index (χ2n) is 1.77. The third kappa shape index (κ3) is 1.44. The molecule has 2 heteroatoms. The molecule has 1 N–H and O–H groups in total. The summed E-state index contributed by atoms with van der Waals surface area (Å²) >= 11 is 5.70. The molecule has 0 heterocycles. The Morgan fingerprint density at radius 2 is 2.00 bits per heavy atom. The fraction of sp³-hybridized carbons (Fsp3) is 0.143. The number of hydrogen-bond acceptors (Lipinski definition) is 0. The number of nitrogens with one attached hydrogen (secondary N) is 1. The summed E-state index contributed by atoms with van der Waals surface area (Å²) in [7, 11) is 0. The highest BCUT2D eigenvalue weighted by Crippen LogP contribution is 2.13. The molecule has 1 aromatic carbocycles. The van der Waals surface area contributed by atoms with Gasteiger partial charge in [0, 0.05) is 11.6 Å². The zero-order chi connectivity index (χ0) is 6.69. The van der Waals surface area contributed by atoms with Crippen LogP contribution in [0.25, 0.3) is 0 Å². The van der Waals surface area contributed by atoms with Crippen molar-refractivity contribution in [1.82, 2.24) is 5.73 Å². The van der Waals surface area contributed by atoms with Crippen molar-refractivity contribution in [2.45, 2.75) is 6.54 Å². The first-order valence-electron chi connectivity index (χ1n) is 2.72. The Balaban J connectivity index is 3.01. The quantitative estimate of drug-likeness (QED) is 0.571. The van der Waals surface area contributed by atoms with Crippen LogP contribution >= 0.6 is 11.6 Å². The van der Waals surface area contributed by atoms with E-state index in [1.807, 2.05) is 18.2 Å². The Morgan fingerprint density at radius 1 is 1.33 bits per heavy atom. The molecule has 0 aliphatic rings. The molecule has 0 spiro atoms. The molecule has 1 rings (SSSR count). The summed E-state index contributed by atoms with van der Waals surface area (Å²) in [6.45, 7) is 0.264. The van der Waals surface area contributed by atoms with Crippen LogP contribution < -0.4 is 5.73 Å². The van der Waals surface area contributed by atoms with Crippen LogP contribution in [0, 0.1) is 0 Å². The van der Waals surface area contributed by atoms with E-state index in [9.17, 15) is 0 Å². The molecule has 1 aromatic rings. The van der Waals surface area contributed by atoms with Crippen molar-refractivity contribution in [2.75, 3.05) is 0 Å². The van der Waals surface area contributed by atoms with E-state index in [0.717, 1.165) is 5.56 Å². The summed E-state index contributed by atoms with van der Waals surface area (Å²) in [5.41, 5.74) is 7.89. The number of rotatable bonds is 1. The first kappa shape index (κ1) is 6.59. The van der Waals surface area contributed by atoms with Gasteiger partial charge in [-0.3, -0.25) is 5.73 Å². The highest BCUT2D eigenvalue weighted by molar-refractivity contribution is 6.31. The van der Waals surface area contributed by atoms with Crippen LogP contribution in [0.2, 0.25) is 5.02 Å². The summed E-state index contributed by atoms with van der Waals surface area (Å²) in [5, 5.41) is 0.688. The van der Waals surface area contributed by atoms with Gasteiger partial charge in [0.1, 0.15) is 0 Å². The molecule has 0 unspecified atom stereocenters. The van der Waals surface area contributed by atoms with Crippen LogP contribution in [-0.4, -0.2) is 0 Å². The Morgan fingerprint density at radius 3 is 2.44 bits per heavy atom. The van der Waals surface area contributed by atoms with Gasteiger partial charge >= 0.3 is 0 Å². The van der Waals surface area contributed by atoms with Gasteiger partial charge in [-0.05, 0) is 11.6 Å². The molecule has 0 saturated heterocycles. The molecule has 0 saturated carbocycles. The number of benzene rings is 1. The van der Waals surface area contributed by atoms with Crippen LogP contribution in [-0.2, 0) is 6.54 Å². The van der Waals surface area contributed by atoms with Crippen molar-refractivity contribution in [3.8, 4) is 0 Å². The van der Waals surface area contributed by atoms with Gasteiger partial charge in [0.2, 0.25) is 0 Å². The summed E-state index contributed by atoms with van der Waals surface area (Å²) in [6, 6.07) is 7.40. The van der Waals surface area contributed by atoms with E-state index in [4.69, 9.17) is 17.3 Å². The number of halogens is 1. The molecule has 0 aliphatic carbocycles. The average Bonchev–Trinajstić information content (AvgIpc) is 1.89. The van der Waals surface area contributed by atoms with Crippen molar-refractivity contribution in [3.63, 3.8) is 0 Å². The lowest BCUT2D eigenvalue weighted by atomic mass is 10.2. The standard InChI is InChI=1S/C7H7ClN/c8-7-4-2-1-3-6(7)5-9/h1-4,9H,5H2. The number of hydrogen-bond donors (Lipinski definition) is 0. The zero-order valence-electron chi connectivity index (χ0n) is 4.89. The van der Waals surface area contributed by atoms with Crippen LogP contribution in [0.15, 0.2) is 24.3 Å². The molecule has 0 aliphatic heterocycles. The smallest absolute Gasteiger partial charge is 0.0451 e. The molecular formula is C7H7ClN. The van der Waals surface area contributed by atoms with E-state index >= 15 is 0 Å². The van der Waals surface area contributed by atoms with Gasteiger partial charge in [-0.25, -0.2) is 0 Å². The summed E-state index contributed by atoms with van der Waals surface area (Å²) < 4.78 is 0. The Kier molecular flexibility index (Phi) is 2.09. The predicted octanol–water partition coefficient (Wildman–Crippen LogP) is 2.12. The molecule has 0 amide bonds. The monoisotopic (exact) mass is 140 g/mol. The van der Waals surface area contributed by atoms with E-state index < -0.39 is 0 Å². The fourth-order valence-electron chi connectivity index (χ4n) is 0.642. The van der Waals surface area contributed by atoms with Crippen LogP contribution in [0.4, 0.5) is 0 Å². The topological polar surface area (TPSA) is 23.8 Å². The van der Waals surface area contributed by atoms with Gasteiger partial charge < -0.3 is 0 Å². The van der Waals surface area contributed by atoms with E-state index in [2.05, 4.69) is 0 Å². The second-order valence-corrected chi connectivity index (χ2v) is 2.18. The van der Waals surface area contributed by atoms with Gasteiger partial charge in [-0.1, -0.05) is 29.8 Å². The first-order valence-corrected chi connectivity index (χ1v) is 3.10. The maximum atomic E-state index is 7.00. The fourth-order valence-corrected chi connectivity index (χ4v) is 0.844. The third-order valence-corrected chi connectivity index (χ3v) is 1.52. The SMILES string of the molecule is [NH]Cc1ccccc1Cl. The maximum Gasteiger partial charge on any atom is 0.0451 e. The minimum absolute atomic E-state index is 0.264. The predicted molar refractivity (Wildman–Crippen MR) is 38.3 cm³/mol. The van der Waals surface area contributed by atoms with E-state index in [1.165, 1.54) is 0 Å². The molecule has 0 atom stereocenters. The molecule has 47 valence electrons. The second kappa shape index (κ2) is 2.85. The molecular weight excluding hydrogens is 134 g/mol. The normalized spacial score (nSPS) is 9.56. The van der Waals surface area contributed by atoms with E-state index in [0.29, 0.717) is 5.02 Å². The van der Waals surface area contributed by atoms with Crippen molar-refractivity contribution < 1.29 is 0 Å². The van der Waals surface area contributed by atoms with Crippen molar-refractivity contribution in [2.24, 2.45) is 0 Å². The third-order valence-electron chi connectivity index (χ3n) is 1.15. The van der Waals surface area contributed by atoms with Gasteiger partial charge in [-0.15, -0.1) is 0 Å². The molecule has 0 bridgehead atoms. The Hall–Kier alpha value is -0.530. The lowest BCUT2D eigenvalue weighted by Crippen LogP contribution is -1.83. The molecule has 0 fully saturated rings. The maximum absolute atomic E-state index is 7.00. The molecule has 1 nitrogen and oxygen atoms in total. The molecule has 0 aromatic heterocycles. The van der Waals surface area contributed by atoms with Crippen LogP contribution in [0.1, 0.15) is 5.56 Å². The van der Waals surface area contributed by atoms with Crippen molar-refractivity contribution in [3.05, 3.63) is 34.9 Å². The summed E-state index contributed by atoms with van der Waals surface area (Å²) in [5.74, 6) is 0. The highest BCUT2D eigenvalue weighted by Gasteiger charge is 1.92. The Labute approximate surface area is 59.4 Å². The van der Waals surface area contributed by atoms with E-state index in [-0.39, 0.29) is 6.54 Å². The molecule has 1 radical (unpaired) electrons. The van der Waals surface area contributed by atoms with Crippen LogP contribution in [0.3, 0.4) is 0 Å². The van der Waals surface area contributed by atoms with Crippen molar-refractivity contribution in [1.29, 1.82) is 0 Å². The lowest BCUT2D eigenvalue weighted by molar-refractivity contribution is 1.03. The van der Waals surface area contributed by atoms with Crippen LogP contribution in [0.5, 0.6) is 0 Å². The minimum atomic E-state index is 0.264. The van der Waals surface area contributed by atoms with E-state index in [1.54, 1.807) is 6.07 Å². The van der Waals surface area contributed by atoms with Crippen molar-refractivity contribution >= 4 is 11.6 Å². The van der Waals surface area contributed by atoms with Gasteiger partial charge in [0.05, 0.1) is 0 Å². The zero-order valence-corrected chi connectivity index (χ0v) is 5.65. The van der Waals surface area contributed by atoms with Gasteiger partial charge in [0.25, 0.3) is 0 Å². The van der Waals surface area contributed by atoms with Gasteiger partial charge in [0.15, 0.2) is 0 Å². The summed E-state index contributed by atoms with van der Waals surface area (Å²) in [6.07, 6.45) is 0. The highest BCUT2D eigenvalue weighted by atomic mass is 35.5. The summed E-state index contributed by atoms with van der Waals surface area (Å²) in [4.78, 5) is 0. The lowest BCUT2D eigenvalue weighted by Gasteiger charge is -1.95. The average molecular weight is 141 g/mol.